The van der Waals surface area contributed by atoms with Crippen molar-refractivity contribution in [1.82, 2.24) is 9.21 Å². The van der Waals surface area contributed by atoms with E-state index in [2.05, 4.69) is 0 Å². The SMILES string of the molecule is O=C(CCCS(=O)(=O)N1CCCC2CCCCC21)N1CCC(O)CC1. The first-order valence-corrected chi connectivity index (χ1v) is 11.5. The number of carbonyl (C=O) groups excluding carboxylic acids is 1. The molecular weight excluding hydrogens is 340 g/mol. The Morgan fingerprint density at radius 1 is 0.960 bits per heavy atom. The molecule has 3 rings (SSSR count). The highest BCUT2D eigenvalue weighted by atomic mass is 32.2. The topological polar surface area (TPSA) is 77.9 Å². The van der Waals surface area contributed by atoms with Crippen LogP contribution in [0.4, 0.5) is 0 Å². The molecule has 0 aromatic rings. The van der Waals surface area contributed by atoms with Gasteiger partial charge in [-0.05, 0) is 50.9 Å². The molecule has 0 aromatic heterocycles. The lowest BCUT2D eigenvalue weighted by Gasteiger charge is -2.43. The van der Waals surface area contributed by atoms with Crippen molar-refractivity contribution in [2.45, 2.75) is 76.4 Å². The number of fused-ring (bicyclic) bond motifs is 1. The standard InChI is InChI=1S/C18H32N2O4S/c21-16-9-12-19(13-10-16)18(22)8-4-14-25(23,24)20-11-3-6-15-5-1-2-7-17(15)20/h15-17,21H,1-14H2. The van der Waals surface area contributed by atoms with E-state index in [-0.39, 0.29) is 30.2 Å². The molecule has 1 N–H and O–H groups in total. The monoisotopic (exact) mass is 372 g/mol. The van der Waals surface area contributed by atoms with E-state index in [4.69, 9.17) is 0 Å². The van der Waals surface area contributed by atoms with Gasteiger partial charge in [0.05, 0.1) is 11.9 Å². The zero-order valence-electron chi connectivity index (χ0n) is 15.1. The van der Waals surface area contributed by atoms with Crippen LogP contribution in [0.2, 0.25) is 0 Å². The fourth-order valence-corrected chi connectivity index (χ4v) is 6.56. The average molecular weight is 373 g/mol. The van der Waals surface area contributed by atoms with Gasteiger partial charge in [0, 0.05) is 32.1 Å². The van der Waals surface area contributed by atoms with Gasteiger partial charge in [-0.15, -0.1) is 0 Å². The third-order valence-corrected chi connectivity index (χ3v) is 8.13. The number of sulfonamides is 1. The number of aliphatic hydroxyl groups excluding tert-OH is 1. The molecule has 2 atom stereocenters. The number of hydrogen-bond donors (Lipinski definition) is 1. The highest BCUT2D eigenvalue weighted by molar-refractivity contribution is 7.89. The summed E-state index contributed by atoms with van der Waals surface area (Å²) in [5.74, 6) is 0.647. The minimum absolute atomic E-state index is 0.0243. The number of nitrogens with zero attached hydrogens (tertiary/aromatic N) is 2. The molecule has 0 spiro atoms. The number of aliphatic hydroxyl groups is 1. The molecule has 0 bridgehead atoms. The third kappa shape index (κ3) is 4.74. The van der Waals surface area contributed by atoms with Gasteiger partial charge in [-0.2, -0.15) is 4.31 Å². The second-order valence-electron chi connectivity index (χ2n) is 7.90. The Morgan fingerprint density at radius 2 is 1.64 bits per heavy atom. The Labute approximate surface area is 151 Å². The van der Waals surface area contributed by atoms with E-state index in [1.54, 1.807) is 9.21 Å². The number of piperidine rings is 2. The number of amides is 1. The number of carbonyl (C=O) groups is 1. The van der Waals surface area contributed by atoms with E-state index in [0.717, 1.165) is 32.1 Å². The normalized spacial score (nSPS) is 29.4. The zero-order valence-corrected chi connectivity index (χ0v) is 15.9. The van der Waals surface area contributed by atoms with Gasteiger partial charge in [0.15, 0.2) is 0 Å². The highest BCUT2D eigenvalue weighted by Gasteiger charge is 2.38. The molecule has 144 valence electrons. The molecule has 0 radical (unpaired) electrons. The van der Waals surface area contributed by atoms with Gasteiger partial charge in [0.2, 0.25) is 15.9 Å². The van der Waals surface area contributed by atoms with Crippen LogP contribution < -0.4 is 0 Å². The lowest BCUT2D eigenvalue weighted by molar-refractivity contribution is -0.133. The van der Waals surface area contributed by atoms with Crippen LogP contribution in [0.25, 0.3) is 0 Å². The summed E-state index contributed by atoms with van der Waals surface area (Å²) in [6, 6.07) is 0.201. The molecule has 1 saturated carbocycles. The Bertz CT molecular complexity index is 555. The van der Waals surface area contributed by atoms with Gasteiger partial charge in [0.25, 0.3) is 0 Å². The first-order chi connectivity index (χ1) is 12.0. The molecule has 25 heavy (non-hydrogen) atoms. The van der Waals surface area contributed by atoms with Gasteiger partial charge in [-0.1, -0.05) is 12.8 Å². The summed E-state index contributed by atoms with van der Waals surface area (Å²) >= 11 is 0. The highest BCUT2D eigenvalue weighted by Crippen LogP contribution is 2.36. The van der Waals surface area contributed by atoms with E-state index in [0.29, 0.717) is 44.8 Å². The summed E-state index contributed by atoms with van der Waals surface area (Å²) < 4.78 is 27.4. The van der Waals surface area contributed by atoms with Crippen LogP contribution in [-0.4, -0.2) is 66.2 Å². The Kier molecular flexibility index (Phi) is 6.39. The summed E-state index contributed by atoms with van der Waals surface area (Å²) in [5.41, 5.74) is 0. The van der Waals surface area contributed by atoms with Crippen LogP contribution in [-0.2, 0) is 14.8 Å². The molecule has 7 heteroatoms. The molecule has 6 nitrogen and oxygen atoms in total. The molecule has 3 aliphatic rings. The van der Waals surface area contributed by atoms with E-state index < -0.39 is 10.0 Å². The molecule has 2 heterocycles. The predicted octanol–water partition coefficient (Wildman–Crippen LogP) is 1.73. The summed E-state index contributed by atoms with van der Waals surface area (Å²) in [5, 5.41) is 9.51. The molecule has 3 fully saturated rings. The summed E-state index contributed by atoms with van der Waals surface area (Å²) in [4.78, 5) is 14.0. The summed E-state index contributed by atoms with van der Waals surface area (Å²) in [6.45, 7) is 1.83. The number of likely N-dealkylation sites (tertiary alicyclic amines) is 1. The van der Waals surface area contributed by atoms with Crippen molar-refractivity contribution in [3.63, 3.8) is 0 Å². The average Bonchev–Trinajstić information content (AvgIpc) is 2.61. The van der Waals surface area contributed by atoms with Crippen LogP contribution >= 0.6 is 0 Å². The van der Waals surface area contributed by atoms with Crippen molar-refractivity contribution in [2.24, 2.45) is 5.92 Å². The lowest BCUT2D eigenvalue weighted by Crippen LogP contribution is -2.50. The molecule has 2 saturated heterocycles. The van der Waals surface area contributed by atoms with Crippen molar-refractivity contribution >= 4 is 15.9 Å². The molecule has 1 aliphatic carbocycles. The van der Waals surface area contributed by atoms with Crippen molar-refractivity contribution in [3.8, 4) is 0 Å². The summed E-state index contributed by atoms with van der Waals surface area (Å²) in [7, 11) is -3.27. The van der Waals surface area contributed by atoms with Crippen molar-refractivity contribution in [1.29, 1.82) is 0 Å². The molecule has 1 amide bonds. The lowest BCUT2D eigenvalue weighted by atomic mass is 9.79. The molecular formula is C18H32N2O4S. The van der Waals surface area contributed by atoms with E-state index in [9.17, 15) is 18.3 Å². The molecule has 2 aliphatic heterocycles. The van der Waals surface area contributed by atoms with E-state index in [1.165, 1.54) is 6.42 Å². The predicted molar refractivity (Wildman–Crippen MR) is 96.5 cm³/mol. The van der Waals surface area contributed by atoms with Gasteiger partial charge in [-0.25, -0.2) is 8.42 Å². The van der Waals surface area contributed by atoms with E-state index >= 15 is 0 Å². The number of rotatable bonds is 5. The Balaban J connectivity index is 1.49. The van der Waals surface area contributed by atoms with Crippen molar-refractivity contribution in [3.05, 3.63) is 0 Å². The first-order valence-electron chi connectivity index (χ1n) is 9.93. The van der Waals surface area contributed by atoms with Gasteiger partial charge in [-0.3, -0.25) is 4.79 Å². The van der Waals surface area contributed by atoms with Crippen LogP contribution in [0.5, 0.6) is 0 Å². The van der Waals surface area contributed by atoms with Crippen LogP contribution in [0.1, 0.15) is 64.2 Å². The maximum atomic E-state index is 12.8. The van der Waals surface area contributed by atoms with Gasteiger partial charge in [0.1, 0.15) is 0 Å². The fourth-order valence-electron chi connectivity index (χ4n) is 4.72. The number of hydrogen-bond acceptors (Lipinski definition) is 4. The molecule has 0 aromatic carbocycles. The largest absolute Gasteiger partial charge is 0.393 e. The van der Waals surface area contributed by atoms with Gasteiger partial charge < -0.3 is 10.0 Å². The van der Waals surface area contributed by atoms with Crippen molar-refractivity contribution < 1.29 is 18.3 Å². The minimum atomic E-state index is -3.27. The smallest absolute Gasteiger partial charge is 0.222 e. The maximum Gasteiger partial charge on any atom is 0.222 e. The third-order valence-electron chi connectivity index (χ3n) is 6.16. The second-order valence-corrected chi connectivity index (χ2v) is 9.94. The molecule has 2 unspecified atom stereocenters. The van der Waals surface area contributed by atoms with Crippen LogP contribution in [0.3, 0.4) is 0 Å². The van der Waals surface area contributed by atoms with E-state index in [1.807, 2.05) is 0 Å². The van der Waals surface area contributed by atoms with Crippen LogP contribution in [0, 0.1) is 5.92 Å². The maximum absolute atomic E-state index is 12.8. The quantitative estimate of drug-likeness (QED) is 0.797. The summed E-state index contributed by atoms with van der Waals surface area (Å²) in [6.07, 6.45) is 8.29. The minimum Gasteiger partial charge on any atom is -0.393 e. The second kappa shape index (κ2) is 8.35. The zero-order chi connectivity index (χ0) is 17.9. The fraction of sp³-hybridized carbons (Fsp3) is 0.944. The van der Waals surface area contributed by atoms with Crippen molar-refractivity contribution in [2.75, 3.05) is 25.4 Å². The van der Waals surface area contributed by atoms with Crippen LogP contribution in [0.15, 0.2) is 0 Å². The Hall–Kier alpha value is -0.660. The Morgan fingerprint density at radius 3 is 2.40 bits per heavy atom. The first kappa shape index (κ1) is 19.1. The van der Waals surface area contributed by atoms with Gasteiger partial charge >= 0.3 is 0 Å².